The molecule has 0 spiro atoms. The summed E-state index contributed by atoms with van der Waals surface area (Å²) >= 11 is 0. The van der Waals surface area contributed by atoms with Crippen LogP contribution in [0.15, 0.2) is 36.5 Å². The monoisotopic (exact) mass is 359 g/mol. The maximum Gasteiger partial charge on any atom is 0.222 e. The number of aromatic amines is 2. The highest BCUT2D eigenvalue weighted by molar-refractivity contribution is 5.83. The lowest BCUT2D eigenvalue weighted by Gasteiger charge is -2.13. The Kier molecular flexibility index (Phi) is 3.60. The van der Waals surface area contributed by atoms with Gasteiger partial charge in [-0.3, -0.25) is 5.10 Å². The minimum absolute atomic E-state index is 0.261. The van der Waals surface area contributed by atoms with E-state index in [1.54, 1.807) is 0 Å². The molecule has 136 valence electrons. The van der Waals surface area contributed by atoms with E-state index in [4.69, 9.17) is 5.73 Å². The van der Waals surface area contributed by atoms with Crippen LogP contribution in [0.25, 0.3) is 10.9 Å². The minimum Gasteiger partial charge on any atom is -0.368 e. The van der Waals surface area contributed by atoms with Crippen molar-refractivity contribution in [3.8, 4) is 0 Å². The van der Waals surface area contributed by atoms with Crippen LogP contribution in [0, 0.1) is 6.92 Å². The van der Waals surface area contributed by atoms with Crippen LogP contribution in [0.3, 0.4) is 0 Å². The highest BCUT2D eigenvalue weighted by Gasteiger charge is 2.25. The van der Waals surface area contributed by atoms with Crippen LogP contribution in [0.5, 0.6) is 0 Å². The van der Waals surface area contributed by atoms with Crippen molar-refractivity contribution < 1.29 is 0 Å². The third-order valence-electron chi connectivity index (χ3n) is 5.14. The summed E-state index contributed by atoms with van der Waals surface area (Å²) in [6.45, 7) is 1.97. The fourth-order valence-corrected chi connectivity index (χ4v) is 3.55. The second-order valence-corrected chi connectivity index (χ2v) is 7.13. The van der Waals surface area contributed by atoms with E-state index < -0.39 is 0 Å². The number of nitrogens with zero attached hydrogens (tertiary/aromatic N) is 3. The molecule has 0 amide bonds. The van der Waals surface area contributed by atoms with Gasteiger partial charge >= 0.3 is 0 Å². The number of H-pyrrole nitrogens is 2. The van der Waals surface area contributed by atoms with Gasteiger partial charge in [0.05, 0.1) is 0 Å². The summed E-state index contributed by atoms with van der Waals surface area (Å²) in [5.41, 5.74) is 11.3. The zero-order valence-electron chi connectivity index (χ0n) is 15.1. The maximum absolute atomic E-state index is 5.92. The lowest BCUT2D eigenvalue weighted by molar-refractivity contribution is 0.965. The van der Waals surface area contributed by atoms with Crippen molar-refractivity contribution in [2.24, 2.45) is 0 Å². The summed E-state index contributed by atoms with van der Waals surface area (Å²) in [4.78, 5) is 12.1. The molecule has 27 heavy (non-hydrogen) atoms. The van der Waals surface area contributed by atoms with Gasteiger partial charge in [0.2, 0.25) is 5.95 Å². The Morgan fingerprint density at radius 3 is 2.96 bits per heavy atom. The summed E-state index contributed by atoms with van der Waals surface area (Å²) in [6.07, 6.45) is 5.13. The number of rotatable bonds is 5. The van der Waals surface area contributed by atoms with Gasteiger partial charge in [-0.05, 0) is 37.5 Å². The number of nitrogen functional groups attached to an aromatic ring is 1. The van der Waals surface area contributed by atoms with Crippen molar-refractivity contribution in [3.63, 3.8) is 0 Å². The molecular weight excluding hydrogens is 338 g/mol. The molecule has 0 atom stereocenters. The molecule has 5 N–H and O–H groups in total. The van der Waals surface area contributed by atoms with Gasteiger partial charge < -0.3 is 16.0 Å². The summed E-state index contributed by atoms with van der Waals surface area (Å²) in [5.74, 6) is 2.35. The van der Waals surface area contributed by atoms with Crippen LogP contribution in [0.4, 0.5) is 17.6 Å². The van der Waals surface area contributed by atoms with E-state index >= 15 is 0 Å². The van der Waals surface area contributed by atoms with Gasteiger partial charge in [-0.15, -0.1) is 0 Å². The topological polar surface area (TPSA) is 108 Å². The van der Waals surface area contributed by atoms with Gasteiger partial charge in [-0.25, -0.2) is 4.98 Å². The van der Waals surface area contributed by atoms with Crippen molar-refractivity contribution in [2.75, 3.05) is 11.1 Å². The Labute approximate surface area is 156 Å². The van der Waals surface area contributed by atoms with Gasteiger partial charge in [-0.2, -0.15) is 10.1 Å². The Morgan fingerprint density at radius 1 is 1.22 bits per heavy atom. The molecule has 1 aromatic carbocycles. The van der Waals surface area contributed by atoms with Crippen molar-refractivity contribution >= 4 is 28.5 Å². The van der Waals surface area contributed by atoms with Gasteiger partial charge in [0.25, 0.3) is 0 Å². The lowest BCUT2D eigenvalue weighted by Crippen LogP contribution is -2.08. The Balaban J connectivity index is 1.52. The first-order valence-corrected chi connectivity index (χ1v) is 9.17. The lowest BCUT2D eigenvalue weighted by atomic mass is 10.0. The smallest absolute Gasteiger partial charge is 0.222 e. The van der Waals surface area contributed by atoms with E-state index in [1.165, 1.54) is 29.5 Å². The summed E-state index contributed by atoms with van der Waals surface area (Å²) in [5, 5.41) is 12.0. The molecule has 0 saturated heterocycles. The molecule has 7 nitrogen and oxygen atoms in total. The van der Waals surface area contributed by atoms with E-state index in [0.717, 1.165) is 22.6 Å². The molecular formula is C20H21N7. The van der Waals surface area contributed by atoms with E-state index in [9.17, 15) is 0 Å². The standard InChI is InChI=1S/C20H21N7/c1-11-15(9-13-3-2-4-16-14(13)7-8-22-16)19(25-20(21)23-11)24-18-10-17(26-27-18)12-5-6-12/h2-4,7-8,10,12,22H,5-6,9H2,1H3,(H4,21,23,24,25,26,27). The van der Waals surface area contributed by atoms with E-state index in [2.05, 4.69) is 60.8 Å². The van der Waals surface area contributed by atoms with Crippen LogP contribution >= 0.6 is 0 Å². The molecule has 1 aliphatic rings. The zero-order valence-corrected chi connectivity index (χ0v) is 15.1. The first-order chi connectivity index (χ1) is 13.2. The highest BCUT2D eigenvalue weighted by atomic mass is 15.2. The molecule has 5 rings (SSSR count). The largest absolute Gasteiger partial charge is 0.368 e. The predicted molar refractivity (Wildman–Crippen MR) is 106 cm³/mol. The van der Waals surface area contributed by atoms with Gasteiger partial charge in [0.1, 0.15) is 5.82 Å². The Morgan fingerprint density at radius 2 is 2.11 bits per heavy atom. The molecule has 0 unspecified atom stereocenters. The number of fused-ring (bicyclic) bond motifs is 1. The van der Waals surface area contributed by atoms with E-state index in [1.807, 2.05) is 13.1 Å². The first-order valence-electron chi connectivity index (χ1n) is 9.17. The zero-order chi connectivity index (χ0) is 18.4. The number of aromatic nitrogens is 5. The van der Waals surface area contributed by atoms with E-state index in [0.29, 0.717) is 18.2 Å². The molecule has 0 bridgehead atoms. The second kappa shape index (κ2) is 6.12. The predicted octanol–water partition coefficient (Wildman–Crippen LogP) is 3.78. The maximum atomic E-state index is 5.92. The van der Waals surface area contributed by atoms with Gasteiger partial charge in [0, 0.05) is 52.5 Å². The second-order valence-electron chi connectivity index (χ2n) is 7.13. The van der Waals surface area contributed by atoms with Crippen molar-refractivity contribution in [2.45, 2.75) is 32.1 Å². The Bertz CT molecular complexity index is 1120. The van der Waals surface area contributed by atoms with Crippen LogP contribution in [0.1, 0.15) is 41.3 Å². The molecule has 0 aliphatic heterocycles. The number of benzene rings is 1. The third-order valence-corrected chi connectivity index (χ3v) is 5.14. The number of hydrogen-bond acceptors (Lipinski definition) is 5. The summed E-state index contributed by atoms with van der Waals surface area (Å²) in [7, 11) is 0. The molecule has 4 aromatic rings. The highest BCUT2D eigenvalue weighted by Crippen LogP contribution is 2.39. The van der Waals surface area contributed by atoms with Crippen LogP contribution in [0.2, 0.25) is 0 Å². The van der Waals surface area contributed by atoms with Crippen LogP contribution in [-0.4, -0.2) is 25.1 Å². The molecule has 7 heteroatoms. The fraction of sp³-hybridized carbons (Fsp3) is 0.250. The quantitative estimate of drug-likeness (QED) is 0.434. The summed E-state index contributed by atoms with van der Waals surface area (Å²) in [6, 6.07) is 10.4. The normalized spacial score (nSPS) is 14.0. The molecule has 3 heterocycles. The van der Waals surface area contributed by atoms with Crippen molar-refractivity contribution in [1.82, 2.24) is 25.1 Å². The van der Waals surface area contributed by atoms with Gasteiger partial charge in [0.15, 0.2) is 5.82 Å². The van der Waals surface area contributed by atoms with E-state index in [-0.39, 0.29) is 5.95 Å². The van der Waals surface area contributed by atoms with Crippen molar-refractivity contribution in [1.29, 1.82) is 0 Å². The molecule has 3 aromatic heterocycles. The fourth-order valence-electron chi connectivity index (χ4n) is 3.55. The number of anilines is 3. The summed E-state index contributed by atoms with van der Waals surface area (Å²) < 4.78 is 0. The van der Waals surface area contributed by atoms with Crippen LogP contribution < -0.4 is 11.1 Å². The SMILES string of the molecule is Cc1nc(N)nc(Nc2cc(C3CC3)[nH]n2)c1Cc1cccc2[nH]ccc12. The molecule has 1 aliphatic carbocycles. The molecule has 0 radical (unpaired) electrons. The van der Waals surface area contributed by atoms with Crippen LogP contribution in [-0.2, 0) is 6.42 Å². The minimum atomic E-state index is 0.261. The van der Waals surface area contributed by atoms with Crippen molar-refractivity contribution in [3.05, 3.63) is 59.0 Å². The number of aryl methyl sites for hydroxylation is 1. The number of nitrogens with two attached hydrogens (primary N) is 1. The Hall–Kier alpha value is -3.35. The van der Waals surface area contributed by atoms with Gasteiger partial charge in [-0.1, -0.05) is 12.1 Å². The average Bonchev–Trinajstić information content (AvgIpc) is 3.19. The number of hydrogen-bond donors (Lipinski definition) is 4. The first kappa shape index (κ1) is 15.9. The average molecular weight is 359 g/mol. The third kappa shape index (κ3) is 3.01. The molecule has 1 saturated carbocycles. The number of nitrogens with one attached hydrogen (secondary N) is 3. The molecule has 1 fully saturated rings.